The fourth-order valence-corrected chi connectivity index (χ4v) is 4.18. The average Bonchev–Trinajstić information content (AvgIpc) is 3.00. The van der Waals surface area contributed by atoms with E-state index >= 15 is 0 Å². The molecule has 1 aromatic heterocycles. The highest BCUT2D eigenvalue weighted by atomic mass is 15.2. The Kier molecular flexibility index (Phi) is 3.48. The zero-order valence-electron chi connectivity index (χ0n) is 12.1. The van der Waals surface area contributed by atoms with Gasteiger partial charge in [0.25, 0.3) is 0 Å². The lowest BCUT2D eigenvalue weighted by Crippen LogP contribution is -2.29. The van der Waals surface area contributed by atoms with Crippen molar-refractivity contribution < 1.29 is 0 Å². The molecule has 2 aliphatic rings. The Labute approximate surface area is 116 Å². The SMILES string of the molecule is Cc1cc(CN)cnc1N(C)CC1CC2CCC1C2. The predicted molar refractivity (Wildman–Crippen MR) is 79.1 cm³/mol. The number of aromatic nitrogens is 1. The zero-order valence-corrected chi connectivity index (χ0v) is 12.1. The van der Waals surface area contributed by atoms with Crippen LogP contribution in [0.4, 0.5) is 5.82 Å². The molecule has 3 atom stereocenters. The summed E-state index contributed by atoms with van der Waals surface area (Å²) in [5.41, 5.74) is 8.03. The number of aryl methyl sites for hydroxylation is 1. The van der Waals surface area contributed by atoms with Crippen molar-refractivity contribution >= 4 is 5.82 Å². The molecule has 19 heavy (non-hydrogen) atoms. The third kappa shape index (κ3) is 2.48. The molecule has 2 fully saturated rings. The quantitative estimate of drug-likeness (QED) is 0.904. The summed E-state index contributed by atoms with van der Waals surface area (Å²) in [6.07, 6.45) is 7.78. The molecule has 0 aromatic carbocycles. The van der Waals surface area contributed by atoms with Crippen LogP contribution in [-0.4, -0.2) is 18.6 Å². The third-order valence-corrected chi connectivity index (χ3v) is 5.10. The van der Waals surface area contributed by atoms with Crippen molar-refractivity contribution in [1.82, 2.24) is 4.98 Å². The molecule has 3 unspecified atom stereocenters. The highest BCUT2D eigenvalue weighted by Gasteiger charge is 2.39. The second-order valence-electron chi connectivity index (χ2n) is 6.50. The Morgan fingerprint density at radius 3 is 2.79 bits per heavy atom. The van der Waals surface area contributed by atoms with Crippen LogP contribution in [0.5, 0.6) is 0 Å². The van der Waals surface area contributed by atoms with Crippen LogP contribution < -0.4 is 10.6 Å². The molecule has 0 saturated heterocycles. The lowest BCUT2D eigenvalue weighted by molar-refractivity contribution is 0.337. The predicted octanol–water partition coefficient (Wildman–Crippen LogP) is 2.72. The lowest BCUT2D eigenvalue weighted by atomic mass is 9.88. The number of anilines is 1. The second kappa shape index (κ2) is 5.12. The number of rotatable bonds is 4. The summed E-state index contributed by atoms with van der Waals surface area (Å²) in [6.45, 7) is 3.87. The van der Waals surface area contributed by atoms with Crippen LogP contribution in [-0.2, 0) is 6.54 Å². The van der Waals surface area contributed by atoms with Crippen LogP contribution >= 0.6 is 0 Å². The molecule has 2 aliphatic carbocycles. The van der Waals surface area contributed by atoms with Gasteiger partial charge < -0.3 is 10.6 Å². The van der Waals surface area contributed by atoms with Gasteiger partial charge in [-0.25, -0.2) is 4.98 Å². The van der Waals surface area contributed by atoms with Gasteiger partial charge in [0.15, 0.2) is 0 Å². The van der Waals surface area contributed by atoms with E-state index in [9.17, 15) is 0 Å². The first kappa shape index (κ1) is 12.9. The topological polar surface area (TPSA) is 42.1 Å². The number of fused-ring (bicyclic) bond motifs is 2. The molecule has 2 bridgehead atoms. The first-order valence-electron chi connectivity index (χ1n) is 7.54. The molecule has 3 heteroatoms. The molecule has 104 valence electrons. The Morgan fingerprint density at radius 2 is 2.21 bits per heavy atom. The Bertz CT molecular complexity index is 457. The molecule has 3 rings (SSSR count). The maximum Gasteiger partial charge on any atom is 0.131 e. The van der Waals surface area contributed by atoms with Gasteiger partial charge in [-0.15, -0.1) is 0 Å². The molecule has 1 heterocycles. The summed E-state index contributed by atoms with van der Waals surface area (Å²) in [7, 11) is 2.18. The maximum absolute atomic E-state index is 5.66. The summed E-state index contributed by atoms with van der Waals surface area (Å²) in [4.78, 5) is 6.95. The molecule has 0 radical (unpaired) electrons. The molecule has 0 aliphatic heterocycles. The Morgan fingerprint density at radius 1 is 1.37 bits per heavy atom. The normalized spacial score (nSPS) is 28.9. The van der Waals surface area contributed by atoms with E-state index < -0.39 is 0 Å². The van der Waals surface area contributed by atoms with Crippen LogP contribution in [0.15, 0.2) is 12.3 Å². The van der Waals surface area contributed by atoms with E-state index in [0.29, 0.717) is 6.54 Å². The number of nitrogens with two attached hydrogens (primary N) is 1. The second-order valence-corrected chi connectivity index (χ2v) is 6.50. The molecule has 1 aromatic rings. The highest BCUT2D eigenvalue weighted by Crippen LogP contribution is 2.48. The van der Waals surface area contributed by atoms with Gasteiger partial charge in [0.05, 0.1) is 0 Å². The van der Waals surface area contributed by atoms with Gasteiger partial charge in [-0.05, 0) is 61.1 Å². The first-order chi connectivity index (χ1) is 9.17. The van der Waals surface area contributed by atoms with Crippen LogP contribution in [0.2, 0.25) is 0 Å². The van der Waals surface area contributed by atoms with E-state index in [1.807, 2.05) is 6.20 Å². The van der Waals surface area contributed by atoms with Crippen molar-refractivity contribution in [3.05, 3.63) is 23.4 Å². The number of hydrogen-bond acceptors (Lipinski definition) is 3. The van der Waals surface area contributed by atoms with E-state index in [4.69, 9.17) is 5.73 Å². The van der Waals surface area contributed by atoms with Crippen LogP contribution in [0.3, 0.4) is 0 Å². The van der Waals surface area contributed by atoms with Gasteiger partial charge >= 0.3 is 0 Å². The fraction of sp³-hybridized carbons (Fsp3) is 0.688. The summed E-state index contributed by atoms with van der Waals surface area (Å²) >= 11 is 0. The van der Waals surface area contributed by atoms with Crippen molar-refractivity contribution in [2.24, 2.45) is 23.5 Å². The van der Waals surface area contributed by atoms with Crippen LogP contribution in [0.25, 0.3) is 0 Å². The molecule has 2 saturated carbocycles. The first-order valence-corrected chi connectivity index (χ1v) is 7.54. The molecule has 0 spiro atoms. The Balaban J connectivity index is 1.68. The number of hydrogen-bond donors (Lipinski definition) is 1. The van der Waals surface area contributed by atoms with Crippen molar-refractivity contribution in [2.45, 2.75) is 39.2 Å². The van der Waals surface area contributed by atoms with E-state index in [0.717, 1.165) is 35.7 Å². The van der Waals surface area contributed by atoms with Gasteiger partial charge in [-0.3, -0.25) is 0 Å². The summed E-state index contributed by atoms with van der Waals surface area (Å²) in [6, 6.07) is 2.17. The van der Waals surface area contributed by atoms with Gasteiger partial charge in [0, 0.05) is 26.3 Å². The maximum atomic E-state index is 5.66. The largest absolute Gasteiger partial charge is 0.359 e. The average molecular weight is 259 g/mol. The molecule has 2 N–H and O–H groups in total. The standard InChI is InChI=1S/C16H25N3/c1-11-5-13(8-17)9-18-16(11)19(2)10-15-7-12-3-4-14(15)6-12/h5,9,12,14-15H,3-4,6-8,10,17H2,1-2H3. The van der Waals surface area contributed by atoms with Crippen molar-refractivity contribution in [3.63, 3.8) is 0 Å². The molecular formula is C16H25N3. The van der Waals surface area contributed by atoms with Gasteiger partial charge in [-0.1, -0.05) is 6.42 Å². The van der Waals surface area contributed by atoms with Gasteiger partial charge in [0.1, 0.15) is 5.82 Å². The molecule has 3 nitrogen and oxygen atoms in total. The van der Waals surface area contributed by atoms with E-state index in [1.165, 1.54) is 31.2 Å². The summed E-state index contributed by atoms with van der Waals surface area (Å²) in [5, 5.41) is 0. The van der Waals surface area contributed by atoms with Crippen LogP contribution in [0.1, 0.15) is 36.8 Å². The lowest BCUT2D eigenvalue weighted by Gasteiger charge is -2.28. The fourth-order valence-electron chi connectivity index (χ4n) is 4.18. The van der Waals surface area contributed by atoms with E-state index in [2.05, 4.69) is 29.9 Å². The zero-order chi connectivity index (χ0) is 13.4. The summed E-state index contributed by atoms with van der Waals surface area (Å²) < 4.78 is 0. The monoisotopic (exact) mass is 259 g/mol. The van der Waals surface area contributed by atoms with Crippen molar-refractivity contribution in [2.75, 3.05) is 18.5 Å². The minimum atomic E-state index is 0.574. The summed E-state index contributed by atoms with van der Waals surface area (Å²) in [5.74, 6) is 4.02. The van der Waals surface area contributed by atoms with Crippen molar-refractivity contribution in [3.8, 4) is 0 Å². The minimum Gasteiger partial charge on any atom is -0.359 e. The minimum absolute atomic E-state index is 0.574. The van der Waals surface area contributed by atoms with Crippen molar-refractivity contribution in [1.29, 1.82) is 0 Å². The van der Waals surface area contributed by atoms with Crippen LogP contribution in [0, 0.1) is 24.7 Å². The van der Waals surface area contributed by atoms with Gasteiger partial charge in [-0.2, -0.15) is 0 Å². The molecular weight excluding hydrogens is 234 g/mol. The smallest absolute Gasteiger partial charge is 0.131 e. The van der Waals surface area contributed by atoms with Gasteiger partial charge in [0.2, 0.25) is 0 Å². The highest BCUT2D eigenvalue weighted by molar-refractivity contribution is 5.46. The molecule has 0 amide bonds. The number of nitrogens with zero attached hydrogens (tertiary/aromatic N) is 2. The van der Waals surface area contributed by atoms with E-state index in [1.54, 1.807) is 0 Å². The Hall–Kier alpha value is -1.09. The number of pyridine rings is 1. The van der Waals surface area contributed by atoms with E-state index in [-0.39, 0.29) is 0 Å². The third-order valence-electron chi connectivity index (χ3n) is 5.10.